The molecule has 2 atom stereocenters. The summed E-state index contributed by atoms with van der Waals surface area (Å²) in [6.07, 6.45) is 8.88. The van der Waals surface area contributed by atoms with E-state index in [0.29, 0.717) is 0 Å². The number of likely N-dealkylation sites (tertiary alicyclic amines) is 1. The topological polar surface area (TPSA) is 29.3 Å². The standard InChI is InChI=1S/C19H32N2/c1-3-10-18-13-8-9-14-21(18)19(4-2,16-20)15-17-11-6-5-7-12-17/h5-7,11-12,18H,3-4,8-10,13-16,20H2,1-2H3. The smallest absolute Gasteiger partial charge is 0.0372 e. The molecule has 1 fully saturated rings. The highest BCUT2D eigenvalue weighted by atomic mass is 15.2. The van der Waals surface area contributed by atoms with Crippen LogP contribution in [-0.2, 0) is 6.42 Å². The van der Waals surface area contributed by atoms with Crippen molar-refractivity contribution in [2.24, 2.45) is 5.73 Å². The van der Waals surface area contributed by atoms with Crippen LogP contribution in [0.1, 0.15) is 57.9 Å². The van der Waals surface area contributed by atoms with Gasteiger partial charge in [0.1, 0.15) is 0 Å². The molecular weight excluding hydrogens is 256 g/mol. The summed E-state index contributed by atoms with van der Waals surface area (Å²) in [6.45, 7) is 6.61. The zero-order valence-corrected chi connectivity index (χ0v) is 13.9. The van der Waals surface area contributed by atoms with Crippen molar-refractivity contribution < 1.29 is 0 Å². The maximum absolute atomic E-state index is 6.31. The third-order valence-electron chi connectivity index (χ3n) is 5.27. The van der Waals surface area contributed by atoms with Crippen LogP contribution in [0.2, 0.25) is 0 Å². The first-order chi connectivity index (χ1) is 10.3. The number of hydrogen-bond acceptors (Lipinski definition) is 2. The fourth-order valence-electron chi connectivity index (χ4n) is 4.00. The highest BCUT2D eigenvalue weighted by Gasteiger charge is 2.38. The Kier molecular flexibility index (Phi) is 6.25. The molecule has 1 heterocycles. The van der Waals surface area contributed by atoms with Crippen molar-refractivity contribution in [3.63, 3.8) is 0 Å². The number of piperidine rings is 1. The first kappa shape index (κ1) is 16.5. The van der Waals surface area contributed by atoms with Gasteiger partial charge in [-0.2, -0.15) is 0 Å². The predicted molar refractivity (Wildman–Crippen MR) is 91.5 cm³/mol. The summed E-state index contributed by atoms with van der Waals surface area (Å²) < 4.78 is 0. The van der Waals surface area contributed by atoms with Crippen molar-refractivity contribution in [2.45, 2.75) is 70.4 Å². The Labute approximate surface area is 130 Å². The lowest BCUT2D eigenvalue weighted by Gasteiger charge is -2.50. The molecule has 2 nitrogen and oxygen atoms in total. The maximum Gasteiger partial charge on any atom is 0.0372 e. The van der Waals surface area contributed by atoms with Crippen LogP contribution in [0.15, 0.2) is 30.3 Å². The molecular formula is C19H32N2. The molecule has 0 saturated carbocycles. The van der Waals surface area contributed by atoms with Crippen molar-refractivity contribution in [1.82, 2.24) is 4.90 Å². The number of hydrogen-bond donors (Lipinski definition) is 1. The molecule has 1 aliphatic rings. The molecule has 2 heteroatoms. The van der Waals surface area contributed by atoms with Gasteiger partial charge in [0.2, 0.25) is 0 Å². The van der Waals surface area contributed by atoms with Gasteiger partial charge in [0.05, 0.1) is 0 Å². The van der Waals surface area contributed by atoms with E-state index in [1.54, 1.807) is 0 Å². The van der Waals surface area contributed by atoms with Crippen LogP contribution in [0, 0.1) is 0 Å². The molecule has 1 aromatic carbocycles. The second kappa shape index (κ2) is 7.95. The van der Waals surface area contributed by atoms with Crippen molar-refractivity contribution in [2.75, 3.05) is 13.1 Å². The van der Waals surface area contributed by atoms with Crippen LogP contribution in [0.25, 0.3) is 0 Å². The van der Waals surface area contributed by atoms with Gasteiger partial charge in [-0.05, 0) is 44.2 Å². The van der Waals surface area contributed by atoms with Crippen LogP contribution in [0.5, 0.6) is 0 Å². The van der Waals surface area contributed by atoms with Gasteiger partial charge in [0.25, 0.3) is 0 Å². The minimum atomic E-state index is 0.140. The van der Waals surface area contributed by atoms with Crippen LogP contribution in [-0.4, -0.2) is 29.6 Å². The number of benzene rings is 1. The minimum Gasteiger partial charge on any atom is -0.329 e. The summed E-state index contributed by atoms with van der Waals surface area (Å²) >= 11 is 0. The summed E-state index contributed by atoms with van der Waals surface area (Å²) in [5, 5.41) is 0. The van der Waals surface area contributed by atoms with E-state index in [1.165, 1.54) is 44.2 Å². The second-order valence-electron chi connectivity index (χ2n) is 6.58. The van der Waals surface area contributed by atoms with E-state index < -0.39 is 0 Å². The lowest BCUT2D eigenvalue weighted by Crippen LogP contribution is -2.60. The maximum atomic E-state index is 6.31. The Morgan fingerprint density at radius 3 is 2.57 bits per heavy atom. The van der Waals surface area contributed by atoms with E-state index >= 15 is 0 Å². The van der Waals surface area contributed by atoms with Crippen LogP contribution >= 0.6 is 0 Å². The zero-order valence-electron chi connectivity index (χ0n) is 13.9. The zero-order chi connectivity index (χ0) is 15.1. The third-order valence-corrected chi connectivity index (χ3v) is 5.27. The van der Waals surface area contributed by atoms with Gasteiger partial charge >= 0.3 is 0 Å². The molecule has 0 aromatic heterocycles. The Morgan fingerprint density at radius 1 is 1.19 bits per heavy atom. The fraction of sp³-hybridized carbons (Fsp3) is 0.684. The second-order valence-corrected chi connectivity index (χ2v) is 6.58. The average molecular weight is 288 g/mol. The molecule has 1 saturated heterocycles. The van der Waals surface area contributed by atoms with Crippen LogP contribution < -0.4 is 5.73 Å². The fourth-order valence-corrected chi connectivity index (χ4v) is 4.00. The minimum absolute atomic E-state index is 0.140. The Bertz CT molecular complexity index is 395. The highest BCUT2D eigenvalue weighted by Crippen LogP contribution is 2.32. The molecule has 2 rings (SSSR count). The summed E-state index contributed by atoms with van der Waals surface area (Å²) in [5.41, 5.74) is 7.88. The van der Waals surface area contributed by atoms with Gasteiger partial charge in [-0.3, -0.25) is 4.90 Å². The molecule has 2 unspecified atom stereocenters. The molecule has 1 aromatic rings. The van der Waals surface area contributed by atoms with Crippen molar-refractivity contribution in [1.29, 1.82) is 0 Å². The SMILES string of the molecule is CCCC1CCCCN1C(CC)(CN)Cc1ccccc1. The van der Waals surface area contributed by atoms with Gasteiger partial charge < -0.3 is 5.73 Å². The quantitative estimate of drug-likeness (QED) is 0.822. The Balaban J connectivity index is 2.22. The normalized spacial score (nSPS) is 22.9. The Morgan fingerprint density at radius 2 is 1.95 bits per heavy atom. The van der Waals surface area contributed by atoms with Crippen molar-refractivity contribution in [3.05, 3.63) is 35.9 Å². The molecule has 0 spiro atoms. The van der Waals surface area contributed by atoms with E-state index in [9.17, 15) is 0 Å². The van der Waals surface area contributed by atoms with Crippen molar-refractivity contribution >= 4 is 0 Å². The summed E-state index contributed by atoms with van der Waals surface area (Å²) in [6, 6.07) is 11.6. The Hall–Kier alpha value is -0.860. The number of nitrogens with two attached hydrogens (primary N) is 1. The summed E-state index contributed by atoms with van der Waals surface area (Å²) in [7, 11) is 0. The molecule has 2 N–H and O–H groups in total. The molecule has 0 amide bonds. The van der Waals surface area contributed by atoms with Gasteiger partial charge in [-0.15, -0.1) is 0 Å². The molecule has 0 radical (unpaired) electrons. The first-order valence-electron chi connectivity index (χ1n) is 8.76. The van der Waals surface area contributed by atoms with E-state index in [2.05, 4.69) is 49.1 Å². The third kappa shape index (κ3) is 3.87. The first-order valence-corrected chi connectivity index (χ1v) is 8.76. The lowest BCUT2D eigenvalue weighted by molar-refractivity contribution is 0.0146. The number of nitrogens with zero attached hydrogens (tertiary/aromatic N) is 1. The van der Waals surface area contributed by atoms with Gasteiger partial charge in [0.15, 0.2) is 0 Å². The molecule has 0 bridgehead atoms. The average Bonchev–Trinajstić information content (AvgIpc) is 2.55. The summed E-state index contributed by atoms with van der Waals surface area (Å²) in [5.74, 6) is 0. The van der Waals surface area contributed by atoms with Gasteiger partial charge in [0, 0.05) is 18.1 Å². The molecule has 118 valence electrons. The van der Waals surface area contributed by atoms with Crippen LogP contribution in [0.4, 0.5) is 0 Å². The monoisotopic (exact) mass is 288 g/mol. The molecule has 0 aliphatic carbocycles. The molecule has 21 heavy (non-hydrogen) atoms. The van der Waals surface area contributed by atoms with Gasteiger partial charge in [-0.1, -0.05) is 57.0 Å². The highest BCUT2D eigenvalue weighted by molar-refractivity contribution is 5.19. The summed E-state index contributed by atoms with van der Waals surface area (Å²) in [4.78, 5) is 2.77. The van der Waals surface area contributed by atoms with E-state index in [1.807, 2.05) is 0 Å². The lowest BCUT2D eigenvalue weighted by atomic mass is 9.82. The molecule has 1 aliphatic heterocycles. The van der Waals surface area contributed by atoms with E-state index in [4.69, 9.17) is 5.73 Å². The van der Waals surface area contributed by atoms with Gasteiger partial charge in [-0.25, -0.2) is 0 Å². The van der Waals surface area contributed by atoms with E-state index in [0.717, 1.165) is 25.4 Å². The van der Waals surface area contributed by atoms with E-state index in [-0.39, 0.29) is 5.54 Å². The number of rotatable bonds is 7. The predicted octanol–water partition coefficient (Wildman–Crippen LogP) is 3.99. The van der Waals surface area contributed by atoms with Crippen molar-refractivity contribution in [3.8, 4) is 0 Å². The van der Waals surface area contributed by atoms with Crippen LogP contribution in [0.3, 0.4) is 0 Å². The largest absolute Gasteiger partial charge is 0.329 e.